The van der Waals surface area contributed by atoms with Crippen LogP contribution in [-0.4, -0.2) is 18.2 Å². The molecule has 0 aromatic heterocycles. The third kappa shape index (κ3) is 3.26. The number of benzene rings is 1. The molecule has 1 aliphatic heterocycles. The van der Waals surface area contributed by atoms with Crippen LogP contribution in [0.1, 0.15) is 37.3 Å². The van der Waals surface area contributed by atoms with E-state index in [2.05, 4.69) is 6.92 Å². The van der Waals surface area contributed by atoms with E-state index in [4.69, 9.17) is 5.11 Å². The number of aliphatic hydroxyl groups excluding tert-OH is 1. The number of halogens is 3. The summed E-state index contributed by atoms with van der Waals surface area (Å²) in [6.45, 7) is 3.16. The molecule has 0 unspecified atom stereocenters. The van der Waals surface area contributed by atoms with Gasteiger partial charge in [0, 0.05) is 18.8 Å². The molecule has 1 aromatic carbocycles. The lowest BCUT2D eigenvalue weighted by atomic mass is 9.94. The minimum atomic E-state index is -4.42. The zero-order chi connectivity index (χ0) is 14.8. The van der Waals surface area contributed by atoms with Crippen molar-refractivity contribution in [3.63, 3.8) is 0 Å². The second kappa shape index (κ2) is 6.04. The van der Waals surface area contributed by atoms with E-state index >= 15 is 0 Å². The number of piperidine rings is 1. The van der Waals surface area contributed by atoms with Crippen molar-refractivity contribution in [3.05, 3.63) is 29.3 Å². The summed E-state index contributed by atoms with van der Waals surface area (Å²) >= 11 is 0. The van der Waals surface area contributed by atoms with E-state index in [1.807, 2.05) is 4.90 Å². The number of hydrogen-bond donors (Lipinski definition) is 1. The van der Waals surface area contributed by atoms with Crippen molar-refractivity contribution in [1.82, 2.24) is 0 Å². The van der Waals surface area contributed by atoms with Crippen molar-refractivity contribution >= 4 is 5.69 Å². The molecule has 20 heavy (non-hydrogen) atoms. The molecule has 2 nitrogen and oxygen atoms in total. The molecule has 1 N–H and O–H groups in total. The molecular weight excluding hydrogens is 267 g/mol. The first-order chi connectivity index (χ1) is 9.45. The molecule has 0 atom stereocenters. The van der Waals surface area contributed by atoms with Crippen LogP contribution in [0.25, 0.3) is 0 Å². The van der Waals surface area contributed by atoms with Gasteiger partial charge in [0.15, 0.2) is 0 Å². The summed E-state index contributed by atoms with van der Waals surface area (Å²) in [6, 6.07) is 4.22. The summed E-state index contributed by atoms with van der Waals surface area (Å²) in [4.78, 5) is 2.00. The van der Waals surface area contributed by atoms with Gasteiger partial charge in [-0.05, 0) is 36.5 Å². The normalized spacial score (nSPS) is 17.6. The van der Waals surface area contributed by atoms with Gasteiger partial charge in [0.1, 0.15) is 0 Å². The van der Waals surface area contributed by atoms with E-state index in [-0.39, 0.29) is 5.56 Å². The minimum absolute atomic E-state index is 0.0651. The number of aliphatic hydroxyl groups is 1. The summed E-state index contributed by atoms with van der Waals surface area (Å²) in [5, 5.41) is 9.04. The quantitative estimate of drug-likeness (QED) is 0.913. The summed E-state index contributed by atoms with van der Waals surface area (Å²) < 4.78 is 38.9. The number of anilines is 1. The molecule has 0 bridgehead atoms. The monoisotopic (exact) mass is 287 g/mol. The van der Waals surface area contributed by atoms with Crippen LogP contribution < -0.4 is 4.90 Å². The lowest BCUT2D eigenvalue weighted by molar-refractivity contribution is -0.138. The first-order valence-electron chi connectivity index (χ1n) is 7.01. The molecule has 112 valence electrons. The predicted molar refractivity (Wildman–Crippen MR) is 72.6 cm³/mol. The maximum absolute atomic E-state index is 13.0. The van der Waals surface area contributed by atoms with Crippen molar-refractivity contribution in [2.75, 3.05) is 18.0 Å². The fourth-order valence-corrected chi connectivity index (χ4v) is 2.76. The number of rotatable bonds is 3. The van der Waals surface area contributed by atoms with Gasteiger partial charge >= 0.3 is 6.18 Å². The summed E-state index contributed by atoms with van der Waals surface area (Å²) in [7, 11) is 0. The highest BCUT2D eigenvalue weighted by atomic mass is 19.4. The molecule has 1 heterocycles. The van der Waals surface area contributed by atoms with Gasteiger partial charge in [-0.1, -0.05) is 19.4 Å². The predicted octanol–water partition coefficient (Wildman–Crippen LogP) is 3.82. The minimum Gasteiger partial charge on any atom is -0.392 e. The Hall–Kier alpha value is -1.23. The Kier molecular flexibility index (Phi) is 4.58. The molecule has 0 amide bonds. The second-order valence-electron chi connectivity index (χ2n) is 5.34. The number of alkyl halides is 3. The van der Waals surface area contributed by atoms with Gasteiger partial charge < -0.3 is 10.0 Å². The average Bonchev–Trinajstić information content (AvgIpc) is 2.46. The fraction of sp³-hybridized carbons (Fsp3) is 0.600. The van der Waals surface area contributed by atoms with Crippen molar-refractivity contribution < 1.29 is 18.3 Å². The molecule has 1 aromatic rings. The first kappa shape index (κ1) is 15.2. The largest absolute Gasteiger partial charge is 0.416 e. The van der Waals surface area contributed by atoms with Crippen LogP contribution in [0.3, 0.4) is 0 Å². The van der Waals surface area contributed by atoms with Gasteiger partial charge in [0.05, 0.1) is 12.2 Å². The van der Waals surface area contributed by atoms with Gasteiger partial charge in [-0.2, -0.15) is 13.2 Å². The number of nitrogens with zero attached hydrogens (tertiary/aromatic N) is 1. The van der Waals surface area contributed by atoms with Gasteiger partial charge in [-0.3, -0.25) is 0 Å². The molecule has 2 rings (SSSR count). The zero-order valence-corrected chi connectivity index (χ0v) is 11.6. The Morgan fingerprint density at radius 1 is 1.25 bits per heavy atom. The maximum Gasteiger partial charge on any atom is 0.416 e. The van der Waals surface area contributed by atoms with Gasteiger partial charge in [-0.25, -0.2) is 0 Å². The molecule has 1 fully saturated rings. The van der Waals surface area contributed by atoms with Crippen molar-refractivity contribution in [2.45, 2.75) is 39.0 Å². The van der Waals surface area contributed by atoms with Gasteiger partial charge in [-0.15, -0.1) is 0 Å². The summed E-state index contributed by atoms with van der Waals surface area (Å²) in [6.07, 6.45) is -1.24. The zero-order valence-electron chi connectivity index (χ0n) is 11.6. The SMILES string of the molecule is CCC1CCN(c2ccc(CO)c(C(F)(F)F)c2)CC1. The first-order valence-corrected chi connectivity index (χ1v) is 7.01. The van der Waals surface area contributed by atoms with Crippen molar-refractivity contribution in [3.8, 4) is 0 Å². The van der Waals surface area contributed by atoms with Crippen molar-refractivity contribution in [2.24, 2.45) is 5.92 Å². The Morgan fingerprint density at radius 3 is 2.40 bits per heavy atom. The highest BCUT2D eigenvalue weighted by Gasteiger charge is 2.34. The molecule has 5 heteroatoms. The van der Waals surface area contributed by atoms with Crippen LogP contribution in [0, 0.1) is 5.92 Å². The summed E-state index contributed by atoms with van der Waals surface area (Å²) in [5.41, 5.74) is -0.191. The molecule has 0 radical (unpaired) electrons. The van der Waals surface area contributed by atoms with Crippen LogP contribution in [0.5, 0.6) is 0 Å². The Labute approximate surface area is 117 Å². The smallest absolute Gasteiger partial charge is 0.392 e. The highest BCUT2D eigenvalue weighted by Crippen LogP contribution is 2.35. The molecule has 0 spiro atoms. The Morgan fingerprint density at radius 2 is 1.90 bits per heavy atom. The van der Waals surface area contributed by atoms with E-state index in [0.29, 0.717) is 11.6 Å². The molecular formula is C15H20F3NO. The molecule has 1 saturated heterocycles. The fourth-order valence-electron chi connectivity index (χ4n) is 2.76. The van der Waals surface area contributed by atoms with Gasteiger partial charge in [0.2, 0.25) is 0 Å². The Balaban J connectivity index is 2.21. The van der Waals surface area contributed by atoms with Crippen molar-refractivity contribution in [1.29, 1.82) is 0 Å². The lowest BCUT2D eigenvalue weighted by Gasteiger charge is -2.33. The molecule has 0 saturated carbocycles. The third-order valence-electron chi connectivity index (χ3n) is 4.13. The number of hydrogen-bond acceptors (Lipinski definition) is 2. The highest BCUT2D eigenvalue weighted by molar-refractivity contribution is 5.52. The topological polar surface area (TPSA) is 23.5 Å². The molecule has 0 aliphatic carbocycles. The van der Waals surface area contributed by atoms with Gasteiger partial charge in [0.25, 0.3) is 0 Å². The van der Waals surface area contributed by atoms with E-state index in [1.54, 1.807) is 6.07 Å². The van der Waals surface area contributed by atoms with Crippen LogP contribution in [0.2, 0.25) is 0 Å². The maximum atomic E-state index is 13.0. The van der Waals surface area contributed by atoms with Crippen LogP contribution in [0.15, 0.2) is 18.2 Å². The van der Waals surface area contributed by atoms with Crippen LogP contribution in [0.4, 0.5) is 18.9 Å². The van der Waals surface area contributed by atoms with E-state index in [0.717, 1.165) is 38.4 Å². The molecule has 1 aliphatic rings. The standard InChI is InChI=1S/C15H20F3NO/c1-2-11-5-7-19(8-6-11)13-4-3-12(10-20)14(9-13)15(16,17)18/h3-4,9,11,20H,2,5-8,10H2,1H3. The van der Waals surface area contributed by atoms with E-state index in [1.165, 1.54) is 6.07 Å². The lowest BCUT2D eigenvalue weighted by Crippen LogP contribution is -2.33. The average molecular weight is 287 g/mol. The third-order valence-corrected chi connectivity index (χ3v) is 4.13. The summed E-state index contributed by atoms with van der Waals surface area (Å²) in [5.74, 6) is 0.685. The Bertz CT molecular complexity index is 451. The van der Waals surface area contributed by atoms with Crippen LogP contribution >= 0.6 is 0 Å². The van der Waals surface area contributed by atoms with E-state index < -0.39 is 18.3 Å². The van der Waals surface area contributed by atoms with Crippen LogP contribution in [-0.2, 0) is 12.8 Å². The van der Waals surface area contributed by atoms with E-state index in [9.17, 15) is 13.2 Å². The second-order valence-corrected chi connectivity index (χ2v) is 5.34.